The third kappa shape index (κ3) is 5.40. The summed E-state index contributed by atoms with van der Waals surface area (Å²) < 4.78 is 0. The van der Waals surface area contributed by atoms with Crippen molar-refractivity contribution in [3.05, 3.63) is 33.2 Å². The summed E-state index contributed by atoms with van der Waals surface area (Å²) in [5.41, 5.74) is 2.52. The quantitative estimate of drug-likeness (QED) is 0.687. The van der Waals surface area contributed by atoms with E-state index in [1.165, 1.54) is 0 Å². The van der Waals surface area contributed by atoms with Crippen molar-refractivity contribution >= 4 is 17.3 Å². The van der Waals surface area contributed by atoms with Crippen molar-refractivity contribution in [2.75, 3.05) is 27.2 Å². The van der Waals surface area contributed by atoms with Gasteiger partial charge in [-0.1, -0.05) is 0 Å². The second-order valence-corrected chi connectivity index (χ2v) is 5.26. The molecule has 1 aromatic rings. The van der Waals surface area contributed by atoms with Crippen LogP contribution in [-0.2, 0) is 6.54 Å². The average Bonchev–Trinajstić information content (AvgIpc) is 2.26. The molecule has 6 heteroatoms. The van der Waals surface area contributed by atoms with Crippen molar-refractivity contribution in [1.29, 1.82) is 0 Å². The smallest absolute Gasteiger partial charge is 0.253 e. The highest BCUT2D eigenvalue weighted by molar-refractivity contribution is 7.80. The van der Waals surface area contributed by atoms with Crippen LogP contribution < -0.4 is 16.2 Å². The van der Waals surface area contributed by atoms with Crippen LogP contribution in [-0.4, -0.2) is 42.2 Å². The zero-order valence-corrected chi connectivity index (χ0v) is 12.8. The molecule has 0 unspecified atom stereocenters. The van der Waals surface area contributed by atoms with Gasteiger partial charge >= 0.3 is 0 Å². The predicted octanol–water partition coefficient (Wildman–Crippen LogP) is 0.517. The van der Waals surface area contributed by atoms with E-state index in [4.69, 9.17) is 12.2 Å². The SMILES string of the molecule is Cc1cc(C)c(CNC(=S)NCCN(C)C)c(=O)[nH]1. The Morgan fingerprint density at radius 3 is 2.63 bits per heavy atom. The molecule has 0 aliphatic heterocycles. The molecule has 0 aliphatic rings. The van der Waals surface area contributed by atoms with Crippen LogP contribution >= 0.6 is 12.2 Å². The standard InChI is InChI=1S/C13H22N4OS/c1-9-7-10(2)16-12(18)11(9)8-15-13(19)14-5-6-17(3)4/h7H,5-6,8H2,1-4H3,(H,16,18)(H2,14,15,19). The Morgan fingerprint density at radius 2 is 2.05 bits per heavy atom. The molecule has 0 aromatic carbocycles. The van der Waals surface area contributed by atoms with Crippen LogP contribution in [0.15, 0.2) is 10.9 Å². The van der Waals surface area contributed by atoms with E-state index in [0.29, 0.717) is 11.7 Å². The van der Waals surface area contributed by atoms with Crippen molar-refractivity contribution in [3.8, 4) is 0 Å². The number of H-pyrrole nitrogens is 1. The van der Waals surface area contributed by atoms with E-state index in [9.17, 15) is 4.79 Å². The molecule has 0 radical (unpaired) electrons. The molecular weight excluding hydrogens is 260 g/mol. The number of thiocarbonyl (C=S) groups is 1. The first-order valence-corrected chi connectivity index (χ1v) is 6.67. The van der Waals surface area contributed by atoms with Gasteiger partial charge in [-0.25, -0.2) is 0 Å². The van der Waals surface area contributed by atoms with E-state index in [2.05, 4.69) is 20.5 Å². The van der Waals surface area contributed by atoms with Gasteiger partial charge in [-0.05, 0) is 51.8 Å². The van der Waals surface area contributed by atoms with Gasteiger partial charge in [0.2, 0.25) is 0 Å². The molecule has 0 fully saturated rings. The Morgan fingerprint density at radius 1 is 1.37 bits per heavy atom. The van der Waals surface area contributed by atoms with Crippen LogP contribution in [0.1, 0.15) is 16.8 Å². The fourth-order valence-corrected chi connectivity index (χ4v) is 1.90. The van der Waals surface area contributed by atoms with Crippen molar-refractivity contribution < 1.29 is 0 Å². The first-order chi connectivity index (χ1) is 8.90. The Hall–Kier alpha value is -1.40. The van der Waals surface area contributed by atoms with Crippen LogP contribution in [0.4, 0.5) is 0 Å². The second-order valence-electron chi connectivity index (χ2n) is 4.86. The van der Waals surface area contributed by atoms with Crippen LogP contribution in [0.3, 0.4) is 0 Å². The normalized spacial score (nSPS) is 10.6. The lowest BCUT2D eigenvalue weighted by Gasteiger charge is -2.14. The Balaban J connectivity index is 2.49. The molecule has 3 N–H and O–H groups in total. The minimum atomic E-state index is -0.0545. The Labute approximate surface area is 119 Å². The topological polar surface area (TPSA) is 60.2 Å². The molecule has 1 aromatic heterocycles. The summed E-state index contributed by atoms with van der Waals surface area (Å²) in [6, 6.07) is 1.96. The summed E-state index contributed by atoms with van der Waals surface area (Å²) in [6.07, 6.45) is 0. The molecule has 0 aliphatic carbocycles. The van der Waals surface area contributed by atoms with Crippen LogP contribution in [0, 0.1) is 13.8 Å². The third-order valence-electron chi connectivity index (χ3n) is 2.76. The monoisotopic (exact) mass is 282 g/mol. The molecule has 1 rings (SSSR count). The maximum absolute atomic E-state index is 11.8. The Bertz CT molecular complexity index is 496. The number of aromatic nitrogens is 1. The van der Waals surface area contributed by atoms with E-state index in [1.54, 1.807) is 0 Å². The highest BCUT2D eigenvalue weighted by atomic mass is 32.1. The molecule has 0 saturated carbocycles. The van der Waals surface area contributed by atoms with Crippen molar-refractivity contribution in [2.24, 2.45) is 0 Å². The van der Waals surface area contributed by atoms with Crippen molar-refractivity contribution in [2.45, 2.75) is 20.4 Å². The number of aromatic amines is 1. The average molecular weight is 282 g/mol. The lowest BCUT2D eigenvalue weighted by atomic mass is 10.1. The van der Waals surface area contributed by atoms with E-state index in [1.807, 2.05) is 34.0 Å². The number of aryl methyl sites for hydroxylation is 2. The van der Waals surface area contributed by atoms with E-state index < -0.39 is 0 Å². The predicted molar refractivity (Wildman–Crippen MR) is 82.5 cm³/mol. The summed E-state index contributed by atoms with van der Waals surface area (Å²) in [6.45, 7) is 5.93. The lowest BCUT2D eigenvalue weighted by Crippen LogP contribution is -2.39. The maximum Gasteiger partial charge on any atom is 0.253 e. The summed E-state index contributed by atoms with van der Waals surface area (Å²) >= 11 is 5.16. The van der Waals surface area contributed by atoms with Crippen LogP contribution in [0.5, 0.6) is 0 Å². The molecule has 0 bridgehead atoms. The van der Waals surface area contributed by atoms with Crippen LogP contribution in [0.2, 0.25) is 0 Å². The van der Waals surface area contributed by atoms with Crippen LogP contribution in [0.25, 0.3) is 0 Å². The summed E-state index contributed by atoms with van der Waals surface area (Å²) in [5.74, 6) is 0. The molecule has 0 amide bonds. The molecule has 0 atom stereocenters. The van der Waals surface area contributed by atoms with Gasteiger partial charge in [0.05, 0.1) is 0 Å². The number of nitrogens with one attached hydrogen (secondary N) is 3. The summed E-state index contributed by atoms with van der Waals surface area (Å²) in [5, 5.41) is 6.73. The maximum atomic E-state index is 11.8. The van der Waals surface area contributed by atoms with Gasteiger partial charge < -0.3 is 20.5 Å². The Kier molecular flexibility index (Phi) is 5.98. The number of hydrogen-bond acceptors (Lipinski definition) is 3. The second kappa shape index (κ2) is 7.25. The third-order valence-corrected chi connectivity index (χ3v) is 3.05. The van der Waals surface area contributed by atoms with E-state index >= 15 is 0 Å². The van der Waals surface area contributed by atoms with Crippen molar-refractivity contribution in [3.63, 3.8) is 0 Å². The van der Waals surface area contributed by atoms with Gasteiger partial charge in [0.25, 0.3) is 5.56 Å². The summed E-state index contributed by atoms with van der Waals surface area (Å²) in [7, 11) is 4.01. The summed E-state index contributed by atoms with van der Waals surface area (Å²) in [4.78, 5) is 16.7. The first-order valence-electron chi connectivity index (χ1n) is 6.26. The molecule has 19 heavy (non-hydrogen) atoms. The fraction of sp³-hybridized carbons (Fsp3) is 0.538. The zero-order valence-electron chi connectivity index (χ0n) is 12.0. The fourth-order valence-electron chi connectivity index (χ4n) is 1.73. The van der Waals surface area contributed by atoms with E-state index in [-0.39, 0.29) is 5.56 Å². The van der Waals surface area contributed by atoms with Gasteiger partial charge in [0, 0.05) is 30.9 Å². The molecule has 0 saturated heterocycles. The molecule has 0 spiro atoms. The molecule has 1 heterocycles. The minimum Gasteiger partial charge on any atom is -0.361 e. The van der Waals surface area contributed by atoms with E-state index in [0.717, 1.165) is 29.9 Å². The van der Waals surface area contributed by atoms with Gasteiger partial charge in [0.15, 0.2) is 5.11 Å². The number of pyridine rings is 1. The van der Waals surface area contributed by atoms with Gasteiger partial charge in [-0.2, -0.15) is 0 Å². The molecule has 5 nitrogen and oxygen atoms in total. The number of hydrogen-bond donors (Lipinski definition) is 3. The minimum absolute atomic E-state index is 0.0545. The number of nitrogens with zero attached hydrogens (tertiary/aromatic N) is 1. The zero-order chi connectivity index (χ0) is 14.4. The molecule has 106 valence electrons. The number of rotatable bonds is 5. The highest BCUT2D eigenvalue weighted by Gasteiger charge is 2.05. The highest BCUT2D eigenvalue weighted by Crippen LogP contribution is 2.02. The number of likely N-dealkylation sites (N-methyl/N-ethyl adjacent to an activating group) is 1. The largest absolute Gasteiger partial charge is 0.361 e. The van der Waals surface area contributed by atoms with Gasteiger partial charge in [-0.15, -0.1) is 0 Å². The van der Waals surface area contributed by atoms with Crippen molar-refractivity contribution in [1.82, 2.24) is 20.5 Å². The van der Waals surface area contributed by atoms with Gasteiger partial charge in [-0.3, -0.25) is 4.79 Å². The first kappa shape index (κ1) is 15.7. The lowest BCUT2D eigenvalue weighted by molar-refractivity contribution is 0.412. The van der Waals surface area contributed by atoms with Gasteiger partial charge in [0.1, 0.15) is 0 Å². The molecular formula is C13H22N4OS.